The van der Waals surface area contributed by atoms with Crippen molar-refractivity contribution in [2.75, 3.05) is 7.11 Å². The highest BCUT2D eigenvalue weighted by Gasteiger charge is 2.32. The summed E-state index contributed by atoms with van der Waals surface area (Å²) in [4.78, 5) is 15.6. The summed E-state index contributed by atoms with van der Waals surface area (Å²) in [6, 6.07) is 13.5. The van der Waals surface area contributed by atoms with E-state index in [2.05, 4.69) is 95.9 Å². The Kier molecular flexibility index (Phi) is 9.90. The minimum Gasteiger partial charge on any atom is -0.481 e. The number of hydrogen-bond donors (Lipinski definition) is 1. The molecule has 0 saturated heterocycles. The van der Waals surface area contributed by atoms with Crippen LogP contribution in [0.2, 0.25) is 0 Å². The zero-order chi connectivity index (χ0) is 28.8. The third-order valence-corrected chi connectivity index (χ3v) is 8.72. The third-order valence-electron chi connectivity index (χ3n) is 8.72. The molecule has 0 unspecified atom stereocenters. The summed E-state index contributed by atoms with van der Waals surface area (Å²) in [7, 11) is 1.79. The standard InChI is InChI=1S/C35H45NO3/c1-9-34(10-2,39-8)16-15-28-13-14-30(17-24(28)5)35(11-3,12-4)31-18-25(6)33(26(7)19-31)29-20-27(21-32(37)38)22-36-23-29/h13-20,22-23H,9-12,21H2,1-8H3,(H,37,38)/b16-15+. The molecular weight excluding hydrogens is 482 g/mol. The number of ether oxygens (including phenoxy) is 1. The molecule has 3 aromatic rings. The molecule has 208 valence electrons. The minimum absolute atomic E-state index is 0.0281. The van der Waals surface area contributed by atoms with Gasteiger partial charge in [0.1, 0.15) is 0 Å². The van der Waals surface area contributed by atoms with Crippen LogP contribution in [-0.2, 0) is 21.4 Å². The van der Waals surface area contributed by atoms with Gasteiger partial charge in [0.2, 0.25) is 0 Å². The number of carboxylic acids is 1. The fourth-order valence-electron chi connectivity index (χ4n) is 6.07. The second-order valence-electron chi connectivity index (χ2n) is 10.8. The van der Waals surface area contributed by atoms with Crippen molar-refractivity contribution >= 4 is 12.0 Å². The maximum atomic E-state index is 11.2. The Bertz CT molecular complexity index is 1300. The zero-order valence-corrected chi connectivity index (χ0v) is 25.0. The van der Waals surface area contributed by atoms with Crippen LogP contribution < -0.4 is 0 Å². The Labute approximate surface area is 235 Å². The fraction of sp³-hybridized carbons (Fsp3) is 0.429. The number of carboxylic acid groups (broad SMARTS) is 1. The molecule has 0 amide bonds. The predicted molar refractivity (Wildman–Crippen MR) is 162 cm³/mol. The maximum absolute atomic E-state index is 11.2. The van der Waals surface area contributed by atoms with Crippen molar-refractivity contribution in [3.63, 3.8) is 0 Å². The molecule has 0 radical (unpaired) electrons. The number of methoxy groups -OCH3 is 1. The van der Waals surface area contributed by atoms with Gasteiger partial charge in [0.25, 0.3) is 0 Å². The Morgan fingerprint density at radius 2 is 1.49 bits per heavy atom. The Balaban J connectivity index is 2.05. The van der Waals surface area contributed by atoms with Crippen molar-refractivity contribution in [1.29, 1.82) is 0 Å². The lowest BCUT2D eigenvalue weighted by Crippen LogP contribution is -2.27. The number of carbonyl (C=O) groups is 1. The molecular formula is C35H45NO3. The number of aliphatic carboxylic acids is 1. The molecule has 1 heterocycles. The molecule has 0 spiro atoms. The van der Waals surface area contributed by atoms with Crippen LogP contribution in [0.15, 0.2) is 54.9 Å². The third kappa shape index (κ3) is 6.33. The van der Waals surface area contributed by atoms with Crippen LogP contribution >= 0.6 is 0 Å². The number of aryl methyl sites for hydroxylation is 3. The molecule has 4 heteroatoms. The number of rotatable bonds is 12. The predicted octanol–water partition coefficient (Wildman–Crippen LogP) is 8.63. The highest BCUT2D eigenvalue weighted by atomic mass is 16.5. The van der Waals surface area contributed by atoms with Crippen LogP contribution in [0.25, 0.3) is 17.2 Å². The molecule has 4 nitrogen and oxygen atoms in total. The fourth-order valence-corrected chi connectivity index (χ4v) is 6.07. The quantitative estimate of drug-likeness (QED) is 0.256. The second kappa shape index (κ2) is 12.7. The average molecular weight is 528 g/mol. The van der Waals surface area contributed by atoms with E-state index in [0.717, 1.165) is 36.8 Å². The maximum Gasteiger partial charge on any atom is 0.307 e. The van der Waals surface area contributed by atoms with Crippen molar-refractivity contribution in [3.05, 3.63) is 93.8 Å². The molecule has 0 bridgehead atoms. The molecule has 3 rings (SSSR count). The van der Waals surface area contributed by atoms with E-state index in [1.807, 2.05) is 12.3 Å². The lowest BCUT2D eigenvalue weighted by atomic mass is 9.69. The van der Waals surface area contributed by atoms with Crippen LogP contribution in [0.4, 0.5) is 0 Å². The van der Waals surface area contributed by atoms with E-state index >= 15 is 0 Å². The molecule has 0 aliphatic carbocycles. The lowest BCUT2D eigenvalue weighted by molar-refractivity contribution is -0.136. The summed E-state index contributed by atoms with van der Waals surface area (Å²) < 4.78 is 5.84. The summed E-state index contributed by atoms with van der Waals surface area (Å²) in [5, 5.41) is 9.23. The molecule has 0 aliphatic heterocycles. The highest BCUT2D eigenvalue weighted by molar-refractivity contribution is 5.74. The van der Waals surface area contributed by atoms with E-state index in [-0.39, 0.29) is 17.4 Å². The van der Waals surface area contributed by atoms with Gasteiger partial charge in [-0.25, -0.2) is 0 Å². The topological polar surface area (TPSA) is 59.4 Å². The molecule has 39 heavy (non-hydrogen) atoms. The van der Waals surface area contributed by atoms with Gasteiger partial charge >= 0.3 is 5.97 Å². The number of pyridine rings is 1. The molecule has 2 aromatic carbocycles. The molecule has 1 aromatic heterocycles. The van der Waals surface area contributed by atoms with E-state index in [9.17, 15) is 9.90 Å². The summed E-state index contributed by atoms with van der Waals surface area (Å²) in [5.74, 6) is -0.848. The smallest absolute Gasteiger partial charge is 0.307 e. The van der Waals surface area contributed by atoms with Crippen molar-refractivity contribution in [2.24, 2.45) is 0 Å². The molecule has 1 N–H and O–H groups in total. The Morgan fingerprint density at radius 3 is 2.00 bits per heavy atom. The van der Waals surface area contributed by atoms with Crippen molar-refractivity contribution in [2.45, 2.75) is 91.6 Å². The number of aromatic nitrogens is 1. The Morgan fingerprint density at radius 1 is 0.872 bits per heavy atom. The largest absolute Gasteiger partial charge is 0.481 e. The average Bonchev–Trinajstić information content (AvgIpc) is 2.91. The van der Waals surface area contributed by atoms with Crippen LogP contribution in [0.1, 0.15) is 92.3 Å². The number of hydrogen-bond acceptors (Lipinski definition) is 3. The van der Waals surface area contributed by atoms with E-state index in [1.54, 1.807) is 13.3 Å². The molecule has 0 aliphatic rings. The van der Waals surface area contributed by atoms with Gasteiger partial charge < -0.3 is 9.84 Å². The van der Waals surface area contributed by atoms with Gasteiger partial charge in [0.15, 0.2) is 0 Å². The first-order chi connectivity index (χ1) is 18.6. The minimum atomic E-state index is -0.848. The van der Waals surface area contributed by atoms with Gasteiger partial charge in [-0.2, -0.15) is 0 Å². The summed E-state index contributed by atoms with van der Waals surface area (Å²) in [6.07, 6.45) is 11.7. The zero-order valence-electron chi connectivity index (χ0n) is 25.0. The van der Waals surface area contributed by atoms with E-state index in [0.29, 0.717) is 5.56 Å². The first-order valence-corrected chi connectivity index (χ1v) is 14.2. The van der Waals surface area contributed by atoms with Gasteiger partial charge in [-0.15, -0.1) is 0 Å². The molecule has 0 fully saturated rings. The lowest BCUT2D eigenvalue weighted by Gasteiger charge is -2.35. The van der Waals surface area contributed by atoms with Crippen molar-refractivity contribution in [3.8, 4) is 11.1 Å². The van der Waals surface area contributed by atoms with E-state index in [4.69, 9.17) is 4.74 Å². The first kappa shape index (κ1) is 30.3. The number of nitrogens with zero attached hydrogens (tertiary/aromatic N) is 1. The van der Waals surface area contributed by atoms with Crippen LogP contribution in [0.3, 0.4) is 0 Å². The van der Waals surface area contributed by atoms with E-state index in [1.165, 1.54) is 33.4 Å². The normalized spacial score (nSPS) is 12.3. The highest BCUT2D eigenvalue weighted by Crippen LogP contribution is 2.42. The van der Waals surface area contributed by atoms with Crippen molar-refractivity contribution < 1.29 is 14.6 Å². The van der Waals surface area contributed by atoms with Crippen molar-refractivity contribution in [1.82, 2.24) is 4.98 Å². The second-order valence-corrected chi connectivity index (χ2v) is 10.8. The molecule has 0 saturated carbocycles. The molecule has 0 atom stereocenters. The van der Waals surface area contributed by atoms with E-state index < -0.39 is 5.97 Å². The van der Waals surface area contributed by atoms with Gasteiger partial charge in [0, 0.05) is 30.5 Å². The Hall–Kier alpha value is -3.24. The summed E-state index contributed by atoms with van der Waals surface area (Å²) in [5.41, 5.74) is 9.98. The SMILES string of the molecule is CCC(/C=C/c1ccc(C(CC)(CC)c2cc(C)c(-c3cncc(CC(=O)O)c3)c(C)c2)cc1C)(CC)OC. The summed E-state index contributed by atoms with van der Waals surface area (Å²) >= 11 is 0. The van der Waals surface area contributed by atoms with Crippen LogP contribution in [0, 0.1) is 20.8 Å². The van der Waals surface area contributed by atoms with Gasteiger partial charge in [-0.05, 0) is 97.0 Å². The first-order valence-electron chi connectivity index (χ1n) is 14.2. The van der Waals surface area contributed by atoms with Gasteiger partial charge in [-0.1, -0.05) is 70.2 Å². The summed E-state index contributed by atoms with van der Waals surface area (Å²) in [6.45, 7) is 15.4. The van der Waals surface area contributed by atoms with Crippen LogP contribution in [0.5, 0.6) is 0 Å². The van der Waals surface area contributed by atoms with Crippen LogP contribution in [-0.4, -0.2) is 28.8 Å². The number of benzene rings is 2. The van der Waals surface area contributed by atoms with Gasteiger partial charge in [0.05, 0.1) is 12.0 Å². The monoisotopic (exact) mass is 527 g/mol. The van der Waals surface area contributed by atoms with Gasteiger partial charge in [-0.3, -0.25) is 9.78 Å².